The molecule has 0 aliphatic carbocycles. The van der Waals surface area contributed by atoms with E-state index in [0.29, 0.717) is 13.0 Å². The first-order valence-corrected chi connectivity index (χ1v) is 9.57. The molecule has 0 unspecified atom stereocenters. The fraction of sp³-hybridized carbons (Fsp3) is 0.348. The number of carbonyl (C=O) groups is 1. The Morgan fingerprint density at radius 1 is 1.11 bits per heavy atom. The Balaban J connectivity index is 1.67. The summed E-state index contributed by atoms with van der Waals surface area (Å²) in [7, 11) is 0. The van der Waals surface area contributed by atoms with Crippen LogP contribution >= 0.6 is 0 Å². The molecule has 3 aromatic rings. The lowest BCUT2D eigenvalue weighted by Crippen LogP contribution is -2.38. The fourth-order valence-corrected chi connectivity index (χ4v) is 3.10. The zero-order valence-electron chi connectivity index (χ0n) is 16.9. The number of para-hydroxylation sites is 1. The Labute approximate surface area is 166 Å². The van der Waals surface area contributed by atoms with E-state index in [1.54, 1.807) is 0 Å². The highest BCUT2D eigenvalue weighted by Crippen LogP contribution is 2.28. The largest absolute Gasteiger partial charge is 0.487 e. The highest BCUT2D eigenvalue weighted by atomic mass is 16.6. The minimum Gasteiger partial charge on any atom is -0.487 e. The van der Waals surface area contributed by atoms with Crippen molar-refractivity contribution in [1.82, 2.24) is 10.3 Å². The molecule has 0 aliphatic heterocycles. The van der Waals surface area contributed by atoms with Gasteiger partial charge in [0.25, 0.3) is 0 Å². The van der Waals surface area contributed by atoms with Crippen molar-refractivity contribution in [2.24, 2.45) is 0 Å². The number of hydrogen-bond acceptors (Lipinski definition) is 3. The Kier molecular flexibility index (Phi) is 5.93. The van der Waals surface area contributed by atoms with Gasteiger partial charge >= 0.3 is 6.09 Å². The Morgan fingerprint density at radius 2 is 1.86 bits per heavy atom. The van der Waals surface area contributed by atoms with Gasteiger partial charge in [-0.3, -0.25) is 0 Å². The molecule has 148 valence electrons. The molecule has 1 heterocycles. The Morgan fingerprint density at radius 3 is 2.57 bits per heavy atom. The van der Waals surface area contributed by atoms with E-state index in [0.717, 1.165) is 27.8 Å². The van der Waals surface area contributed by atoms with Gasteiger partial charge in [0, 0.05) is 17.6 Å². The number of carbonyl (C=O) groups excluding carboxylic acids is 1. The number of ether oxygens (including phenoxy) is 2. The Hall–Kier alpha value is -2.95. The van der Waals surface area contributed by atoms with Crippen LogP contribution < -0.4 is 10.1 Å². The van der Waals surface area contributed by atoms with Crippen molar-refractivity contribution in [3.8, 4) is 5.75 Å². The van der Waals surface area contributed by atoms with Crippen LogP contribution in [0.5, 0.6) is 5.75 Å². The van der Waals surface area contributed by atoms with Gasteiger partial charge in [0.15, 0.2) is 0 Å². The molecular formula is C23H28N2O3. The zero-order chi connectivity index (χ0) is 20.1. The van der Waals surface area contributed by atoms with E-state index >= 15 is 0 Å². The van der Waals surface area contributed by atoms with Crippen LogP contribution in [0.3, 0.4) is 0 Å². The van der Waals surface area contributed by atoms with Crippen molar-refractivity contribution >= 4 is 17.0 Å². The minimum absolute atomic E-state index is 0.0530. The molecule has 2 N–H and O–H groups in total. The number of hydrogen-bond donors (Lipinski definition) is 2. The number of rotatable bonds is 6. The summed E-state index contributed by atoms with van der Waals surface area (Å²) in [6.07, 6.45) is 2.28. The molecule has 1 amide bonds. The molecule has 0 bridgehead atoms. The summed E-state index contributed by atoms with van der Waals surface area (Å²) < 4.78 is 11.4. The predicted molar refractivity (Wildman–Crippen MR) is 112 cm³/mol. The summed E-state index contributed by atoms with van der Waals surface area (Å²) >= 11 is 0. The van der Waals surface area contributed by atoms with Crippen LogP contribution in [0, 0.1) is 0 Å². The second-order valence-corrected chi connectivity index (χ2v) is 8.02. The third-order valence-corrected chi connectivity index (χ3v) is 4.29. The van der Waals surface area contributed by atoms with Crippen LogP contribution in [-0.4, -0.2) is 22.7 Å². The first-order valence-electron chi connectivity index (χ1n) is 9.57. The standard InChI is InChI=1S/C23H28N2O3/c1-16(25-22(26)28-23(2,3)4)13-18-14-24-21-19(18)11-8-12-20(21)27-15-17-9-6-5-7-10-17/h5-12,14,16,24H,13,15H2,1-4H3,(H,25,26)/t16-/m1/s1. The van der Waals surface area contributed by atoms with Gasteiger partial charge in [-0.05, 0) is 51.3 Å². The van der Waals surface area contributed by atoms with E-state index in [4.69, 9.17) is 9.47 Å². The van der Waals surface area contributed by atoms with Gasteiger partial charge in [0.2, 0.25) is 0 Å². The smallest absolute Gasteiger partial charge is 0.407 e. The maximum Gasteiger partial charge on any atom is 0.407 e. The fourth-order valence-electron chi connectivity index (χ4n) is 3.10. The van der Waals surface area contributed by atoms with Crippen LogP contribution in [0.15, 0.2) is 54.7 Å². The normalized spacial score (nSPS) is 12.6. The maximum atomic E-state index is 12.0. The first kappa shape index (κ1) is 19.8. The average molecular weight is 380 g/mol. The number of aromatic nitrogens is 1. The molecule has 5 heteroatoms. The van der Waals surface area contributed by atoms with Crippen LogP contribution in [0.1, 0.15) is 38.8 Å². The highest BCUT2D eigenvalue weighted by molar-refractivity contribution is 5.88. The number of amides is 1. The molecule has 1 aromatic heterocycles. The molecule has 0 saturated heterocycles. The summed E-state index contributed by atoms with van der Waals surface area (Å²) in [6, 6.07) is 16.1. The van der Waals surface area contributed by atoms with E-state index in [9.17, 15) is 4.79 Å². The Bertz CT molecular complexity index is 926. The molecule has 0 radical (unpaired) electrons. The third-order valence-electron chi connectivity index (χ3n) is 4.29. The van der Waals surface area contributed by atoms with Gasteiger partial charge in [-0.15, -0.1) is 0 Å². The number of nitrogens with one attached hydrogen (secondary N) is 2. The summed E-state index contributed by atoms with van der Waals surface area (Å²) in [5.41, 5.74) is 2.72. The molecular weight excluding hydrogens is 352 g/mol. The lowest BCUT2D eigenvalue weighted by molar-refractivity contribution is 0.0508. The van der Waals surface area contributed by atoms with Gasteiger partial charge in [-0.1, -0.05) is 42.5 Å². The highest BCUT2D eigenvalue weighted by Gasteiger charge is 2.18. The van der Waals surface area contributed by atoms with Gasteiger partial charge in [-0.2, -0.15) is 0 Å². The number of H-pyrrole nitrogens is 1. The number of benzene rings is 2. The van der Waals surface area contributed by atoms with Crippen molar-refractivity contribution in [3.63, 3.8) is 0 Å². The lowest BCUT2D eigenvalue weighted by Gasteiger charge is -2.21. The topological polar surface area (TPSA) is 63.3 Å². The SMILES string of the molecule is C[C@H](Cc1c[nH]c2c(OCc3ccccc3)cccc12)NC(=O)OC(C)(C)C. The van der Waals surface area contributed by atoms with Crippen molar-refractivity contribution in [1.29, 1.82) is 0 Å². The predicted octanol–water partition coefficient (Wildman–Crippen LogP) is 5.20. The summed E-state index contributed by atoms with van der Waals surface area (Å²) in [5.74, 6) is 0.820. The monoisotopic (exact) mass is 380 g/mol. The third kappa shape index (κ3) is 5.28. The van der Waals surface area contributed by atoms with Gasteiger partial charge < -0.3 is 19.8 Å². The second kappa shape index (κ2) is 8.38. The molecule has 0 saturated carbocycles. The van der Waals surface area contributed by atoms with E-state index in [-0.39, 0.29) is 6.04 Å². The van der Waals surface area contributed by atoms with Crippen molar-refractivity contribution in [2.45, 2.75) is 52.4 Å². The molecule has 0 spiro atoms. The van der Waals surface area contributed by atoms with Gasteiger partial charge in [0.05, 0.1) is 5.52 Å². The van der Waals surface area contributed by atoms with E-state index in [1.165, 1.54) is 0 Å². The number of aromatic amines is 1. The molecule has 3 rings (SSSR count). The lowest BCUT2D eigenvalue weighted by atomic mass is 10.1. The summed E-state index contributed by atoms with van der Waals surface area (Å²) in [6.45, 7) is 8.05. The summed E-state index contributed by atoms with van der Waals surface area (Å²) in [4.78, 5) is 15.3. The van der Waals surface area contributed by atoms with E-state index in [1.807, 2.05) is 76.4 Å². The van der Waals surface area contributed by atoms with Crippen molar-refractivity contribution < 1.29 is 14.3 Å². The number of alkyl carbamates (subject to hydrolysis) is 1. The van der Waals surface area contributed by atoms with Crippen LogP contribution in [0.25, 0.3) is 10.9 Å². The van der Waals surface area contributed by atoms with E-state index in [2.05, 4.69) is 16.4 Å². The summed E-state index contributed by atoms with van der Waals surface area (Å²) in [5, 5.41) is 3.99. The van der Waals surface area contributed by atoms with Crippen LogP contribution in [0.4, 0.5) is 4.79 Å². The zero-order valence-corrected chi connectivity index (χ0v) is 16.9. The van der Waals surface area contributed by atoms with Crippen LogP contribution in [-0.2, 0) is 17.8 Å². The molecule has 28 heavy (non-hydrogen) atoms. The van der Waals surface area contributed by atoms with Gasteiger partial charge in [-0.25, -0.2) is 4.79 Å². The van der Waals surface area contributed by atoms with Crippen LogP contribution in [0.2, 0.25) is 0 Å². The first-order chi connectivity index (χ1) is 13.3. The number of fused-ring (bicyclic) bond motifs is 1. The van der Waals surface area contributed by atoms with E-state index < -0.39 is 11.7 Å². The molecule has 0 aliphatic rings. The quantitative estimate of drug-likeness (QED) is 0.617. The van der Waals surface area contributed by atoms with Crippen molar-refractivity contribution in [3.05, 3.63) is 65.9 Å². The van der Waals surface area contributed by atoms with Gasteiger partial charge in [0.1, 0.15) is 18.0 Å². The van der Waals surface area contributed by atoms with Crippen molar-refractivity contribution in [2.75, 3.05) is 0 Å². The average Bonchev–Trinajstić information content (AvgIpc) is 3.02. The molecule has 2 aromatic carbocycles. The maximum absolute atomic E-state index is 12.0. The second-order valence-electron chi connectivity index (χ2n) is 8.02. The molecule has 1 atom stereocenters. The molecule has 5 nitrogen and oxygen atoms in total. The molecule has 0 fully saturated rings. The minimum atomic E-state index is -0.504.